The molecule has 0 aliphatic heterocycles. The highest BCUT2D eigenvalue weighted by molar-refractivity contribution is 5.05. The highest BCUT2D eigenvalue weighted by atomic mass is 16.6. The zero-order valence-corrected chi connectivity index (χ0v) is 13.6. The van der Waals surface area contributed by atoms with Gasteiger partial charge in [-0.1, -0.05) is 34.9 Å². The number of hydrogen-bond donors (Lipinski definition) is 1. The lowest BCUT2D eigenvalue weighted by Crippen LogP contribution is -2.08. The second kappa shape index (κ2) is 13.1. The summed E-state index contributed by atoms with van der Waals surface area (Å²) in [6, 6.07) is 0. The van der Waals surface area contributed by atoms with E-state index in [1.807, 2.05) is 0 Å². The van der Waals surface area contributed by atoms with Crippen molar-refractivity contribution >= 4 is 0 Å². The van der Waals surface area contributed by atoms with Crippen molar-refractivity contribution in [3.8, 4) is 0 Å². The predicted molar refractivity (Wildman–Crippen MR) is 86.4 cm³/mol. The van der Waals surface area contributed by atoms with Crippen LogP contribution in [0.25, 0.3) is 0 Å². The standard InChI is InChI=1S/C17H31NO2/c1-15(2)7-5-8-16(3)9-6-10-17(4)11-12-19-13-14-20-18/h7,9,11H,5-6,8,10,12-14,18H2,1-4H3/b16-9+,17-11+. The number of ether oxygens (including phenoxy) is 1. The molecule has 0 spiro atoms. The molecule has 0 aromatic heterocycles. The number of hydrogen-bond acceptors (Lipinski definition) is 3. The molecule has 0 aromatic carbocycles. The van der Waals surface area contributed by atoms with Gasteiger partial charge in [-0.2, -0.15) is 0 Å². The quantitative estimate of drug-likeness (QED) is 0.348. The van der Waals surface area contributed by atoms with Gasteiger partial charge in [0.25, 0.3) is 0 Å². The summed E-state index contributed by atoms with van der Waals surface area (Å²) in [5, 5.41) is 0. The van der Waals surface area contributed by atoms with Gasteiger partial charge >= 0.3 is 0 Å². The smallest absolute Gasteiger partial charge is 0.0913 e. The third-order valence-corrected chi connectivity index (χ3v) is 3.02. The van der Waals surface area contributed by atoms with Crippen LogP contribution in [0, 0.1) is 0 Å². The van der Waals surface area contributed by atoms with E-state index in [9.17, 15) is 0 Å². The molecular formula is C17H31NO2. The molecule has 3 heteroatoms. The van der Waals surface area contributed by atoms with E-state index in [4.69, 9.17) is 10.6 Å². The van der Waals surface area contributed by atoms with Crippen LogP contribution < -0.4 is 5.90 Å². The average molecular weight is 281 g/mol. The lowest BCUT2D eigenvalue weighted by Gasteiger charge is -2.02. The first kappa shape index (κ1) is 19.1. The summed E-state index contributed by atoms with van der Waals surface area (Å²) >= 11 is 0. The van der Waals surface area contributed by atoms with Crippen LogP contribution in [0.3, 0.4) is 0 Å². The molecule has 0 aliphatic carbocycles. The van der Waals surface area contributed by atoms with Crippen molar-refractivity contribution in [3.05, 3.63) is 34.9 Å². The second-order valence-corrected chi connectivity index (χ2v) is 5.41. The molecule has 0 aliphatic rings. The fourth-order valence-electron chi connectivity index (χ4n) is 1.73. The van der Waals surface area contributed by atoms with Gasteiger partial charge in [0.2, 0.25) is 0 Å². The Morgan fingerprint density at radius 3 is 2.05 bits per heavy atom. The Hall–Kier alpha value is -0.900. The van der Waals surface area contributed by atoms with Crippen LogP contribution >= 0.6 is 0 Å². The lowest BCUT2D eigenvalue weighted by atomic mass is 10.1. The summed E-state index contributed by atoms with van der Waals surface area (Å²) in [6.45, 7) is 10.3. The lowest BCUT2D eigenvalue weighted by molar-refractivity contribution is 0.0585. The molecule has 3 nitrogen and oxygen atoms in total. The summed E-state index contributed by atoms with van der Waals surface area (Å²) in [7, 11) is 0. The van der Waals surface area contributed by atoms with E-state index >= 15 is 0 Å². The molecule has 20 heavy (non-hydrogen) atoms. The third kappa shape index (κ3) is 13.5. The van der Waals surface area contributed by atoms with Gasteiger partial charge in [-0.25, -0.2) is 5.90 Å². The highest BCUT2D eigenvalue weighted by Crippen LogP contribution is 2.11. The molecule has 116 valence electrons. The molecule has 0 rings (SSSR count). The molecule has 0 fully saturated rings. The van der Waals surface area contributed by atoms with Crippen molar-refractivity contribution in [2.75, 3.05) is 19.8 Å². The minimum Gasteiger partial charge on any atom is -0.375 e. The Balaban J connectivity index is 3.74. The molecular weight excluding hydrogens is 250 g/mol. The van der Waals surface area contributed by atoms with Crippen molar-refractivity contribution in [1.82, 2.24) is 0 Å². The predicted octanol–water partition coefficient (Wildman–Crippen LogP) is 4.31. The molecule has 0 saturated heterocycles. The first-order valence-electron chi connectivity index (χ1n) is 7.40. The minimum absolute atomic E-state index is 0.445. The van der Waals surface area contributed by atoms with Gasteiger partial charge in [-0.15, -0.1) is 0 Å². The zero-order valence-electron chi connectivity index (χ0n) is 13.6. The first-order valence-corrected chi connectivity index (χ1v) is 7.40. The van der Waals surface area contributed by atoms with Gasteiger partial charge in [-0.3, -0.25) is 0 Å². The number of nitrogens with two attached hydrogens (primary N) is 1. The van der Waals surface area contributed by atoms with Gasteiger partial charge in [0.15, 0.2) is 0 Å². The minimum atomic E-state index is 0.445. The van der Waals surface area contributed by atoms with E-state index in [1.54, 1.807) is 0 Å². The van der Waals surface area contributed by atoms with Crippen LogP contribution in [0.1, 0.15) is 53.4 Å². The van der Waals surface area contributed by atoms with Gasteiger partial charge in [0.1, 0.15) is 0 Å². The van der Waals surface area contributed by atoms with Gasteiger partial charge in [-0.05, 0) is 53.4 Å². The SMILES string of the molecule is CC(C)=CCC/C(C)=C/CC/C(C)=C/COCCON. The van der Waals surface area contributed by atoms with Crippen LogP contribution in [-0.4, -0.2) is 19.8 Å². The average Bonchev–Trinajstić information content (AvgIpc) is 2.38. The molecule has 0 atom stereocenters. The van der Waals surface area contributed by atoms with Crippen molar-refractivity contribution < 1.29 is 9.57 Å². The Bertz CT molecular complexity index is 326. The molecule has 0 heterocycles. The summed E-state index contributed by atoms with van der Waals surface area (Å²) < 4.78 is 5.34. The van der Waals surface area contributed by atoms with Gasteiger partial charge < -0.3 is 9.57 Å². The van der Waals surface area contributed by atoms with Crippen molar-refractivity contribution in [3.63, 3.8) is 0 Å². The molecule has 0 aromatic rings. The van der Waals surface area contributed by atoms with E-state index in [1.165, 1.54) is 16.7 Å². The molecule has 0 radical (unpaired) electrons. The van der Waals surface area contributed by atoms with Crippen LogP contribution in [-0.2, 0) is 9.57 Å². The van der Waals surface area contributed by atoms with E-state index in [2.05, 4.69) is 50.8 Å². The topological polar surface area (TPSA) is 44.5 Å². The molecule has 0 saturated carbocycles. The fraction of sp³-hybridized carbons (Fsp3) is 0.647. The van der Waals surface area contributed by atoms with Gasteiger partial charge in [0.05, 0.1) is 19.8 Å². The second-order valence-electron chi connectivity index (χ2n) is 5.41. The molecule has 0 bridgehead atoms. The van der Waals surface area contributed by atoms with Crippen molar-refractivity contribution in [2.45, 2.75) is 53.4 Å². The maximum atomic E-state index is 5.34. The number of rotatable bonds is 11. The zero-order chi connectivity index (χ0) is 15.2. The Morgan fingerprint density at radius 1 is 0.850 bits per heavy atom. The Kier molecular flexibility index (Phi) is 12.5. The fourth-order valence-corrected chi connectivity index (χ4v) is 1.73. The summed E-state index contributed by atoms with van der Waals surface area (Å²) in [5.74, 6) is 4.91. The van der Waals surface area contributed by atoms with Crippen molar-refractivity contribution in [1.29, 1.82) is 0 Å². The largest absolute Gasteiger partial charge is 0.375 e. The molecule has 0 unspecified atom stereocenters. The van der Waals surface area contributed by atoms with Crippen LogP contribution in [0.5, 0.6) is 0 Å². The third-order valence-electron chi connectivity index (χ3n) is 3.02. The van der Waals surface area contributed by atoms with Crippen LogP contribution in [0.4, 0.5) is 0 Å². The maximum absolute atomic E-state index is 5.34. The van der Waals surface area contributed by atoms with E-state index in [-0.39, 0.29) is 0 Å². The Morgan fingerprint density at radius 2 is 1.45 bits per heavy atom. The normalized spacial score (nSPS) is 12.7. The first-order chi connectivity index (χ1) is 9.56. The van der Waals surface area contributed by atoms with Crippen LogP contribution in [0.2, 0.25) is 0 Å². The summed E-state index contributed by atoms with van der Waals surface area (Å²) in [6.07, 6.45) is 11.3. The molecule has 0 amide bonds. The van der Waals surface area contributed by atoms with Gasteiger partial charge in [0, 0.05) is 0 Å². The molecule has 2 N–H and O–H groups in total. The highest BCUT2D eigenvalue weighted by Gasteiger charge is 1.92. The van der Waals surface area contributed by atoms with Crippen molar-refractivity contribution in [2.24, 2.45) is 5.90 Å². The summed E-state index contributed by atoms with van der Waals surface area (Å²) in [5.41, 5.74) is 4.25. The number of allylic oxidation sites excluding steroid dienone is 5. The van der Waals surface area contributed by atoms with Crippen LogP contribution in [0.15, 0.2) is 34.9 Å². The van der Waals surface area contributed by atoms with E-state index < -0.39 is 0 Å². The summed E-state index contributed by atoms with van der Waals surface area (Å²) in [4.78, 5) is 4.43. The van der Waals surface area contributed by atoms with E-state index in [0.717, 1.165) is 25.7 Å². The maximum Gasteiger partial charge on any atom is 0.0913 e. The van der Waals surface area contributed by atoms with E-state index in [0.29, 0.717) is 19.8 Å². The monoisotopic (exact) mass is 281 g/mol. The Labute approximate surface area is 124 Å².